The highest BCUT2D eigenvalue weighted by Crippen LogP contribution is 2.25. The molecule has 0 aliphatic heterocycles. The molecule has 7 heteroatoms. The molecule has 34 heavy (non-hydrogen) atoms. The Bertz CT molecular complexity index is 1330. The van der Waals surface area contributed by atoms with Gasteiger partial charge in [-0.25, -0.2) is 9.78 Å². The number of nitrogens with zero attached hydrogens (tertiary/aromatic N) is 2. The average molecular weight is 458 g/mol. The van der Waals surface area contributed by atoms with Crippen molar-refractivity contribution in [3.05, 3.63) is 82.9 Å². The van der Waals surface area contributed by atoms with Crippen LogP contribution in [0.4, 0.5) is 10.5 Å². The van der Waals surface area contributed by atoms with Crippen LogP contribution in [0.1, 0.15) is 44.5 Å². The highest BCUT2D eigenvalue weighted by atomic mass is 16.2. The molecule has 1 aromatic heterocycles. The van der Waals surface area contributed by atoms with E-state index in [2.05, 4.69) is 15.3 Å². The number of aromatic amines is 1. The van der Waals surface area contributed by atoms with Gasteiger partial charge in [0, 0.05) is 11.9 Å². The number of H-pyrrole nitrogens is 1. The Morgan fingerprint density at radius 2 is 1.68 bits per heavy atom. The first kappa shape index (κ1) is 23.4. The number of nitrogens with one attached hydrogen (secondary N) is 2. The van der Waals surface area contributed by atoms with Crippen molar-refractivity contribution >= 4 is 33.4 Å². The van der Waals surface area contributed by atoms with Gasteiger partial charge < -0.3 is 20.9 Å². The molecule has 176 valence electrons. The minimum Gasteiger partial charge on any atom is -0.330 e. The second-order valence-electron chi connectivity index (χ2n) is 8.50. The number of aromatic nitrogens is 2. The van der Waals surface area contributed by atoms with Crippen LogP contribution in [0.2, 0.25) is 0 Å². The lowest BCUT2D eigenvalue weighted by atomic mass is 10.1. The summed E-state index contributed by atoms with van der Waals surface area (Å²) in [6.07, 6.45) is 3.81. The number of nitrogens with two attached hydrogens (primary N) is 1. The summed E-state index contributed by atoms with van der Waals surface area (Å²) >= 11 is 0. The van der Waals surface area contributed by atoms with E-state index >= 15 is 0 Å². The minimum atomic E-state index is -0.415. The maximum Gasteiger partial charge on any atom is 0.322 e. The number of fused-ring (bicyclic) bond motifs is 2. The van der Waals surface area contributed by atoms with Crippen LogP contribution in [0.25, 0.3) is 21.7 Å². The van der Waals surface area contributed by atoms with Crippen LogP contribution in [0.5, 0.6) is 0 Å². The second-order valence-corrected chi connectivity index (χ2v) is 8.50. The van der Waals surface area contributed by atoms with Gasteiger partial charge in [0.15, 0.2) is 0 Å². The van der Waals surface area contributed by atoms with E-state index in [9.17, 15) is 9.59 Å². The van der Waals surface area contributed by atoms with Crippen LogP contribution in [0.3, 0.4) is 0 Å². The van der Waals surface area contributed by atoms with E-state index < -0.39 is 6.04 Å². The molecule has 0 bridgehead atoms. The first-order valence-electron chi connectivity index (χ1n) is 11.8. The molecule has 0 aliphatic rings. The molecule has 0 aliphatic carbocycles. The van der Waals surface area contributed by atoms with Gasteiger partial charge in [0.1, 0.15) is 5.82 Å². The number of urea groups is 1. The summed E-state index contributed by atoms with van der Waals surface area (Å²) in [4.78, 5) is 35.4. The topological polar surface area (TPSA) is 104 Å². The Balaban J connectivity index is 1.61. The predicted octanol–water partition coefficient (Wildman–Crippen LogP) is 5.19. The van der Waals surface area contributed by atoms with Gasteiger partial charge in [0.05, 0.1) is 22.6 Å². The fraction of sp³-hybridized carbons (Fsp3) is 0.296. The quantitative estimate of drug-likeness (QED) is 0.301. The number of rotatable bonds is 9. The molecule has 7 nitrogen and oxygen atoms in total. The fourth-order valence-electron chi connectivity index (χ4n) is 4.22. The SMILES string of the molecule is CC(c1nc2ccccc2c(=O)[nH]1)N(CCCCCCN)C(=O)Nc1cccc2ccccc12. The molecule has 4 rings (SSSR count). The molecule has 0 radical (unpaired) electrons. The lowest BCUT2D eigenvalue weighted by Crippen LogP contribution is -2.39. The predicted molar refractivity (Wildman–Crippen MR) is 138 cm³/mol. The van der Waals surface area contributed by atoms with Crippen molar-refractivity contribution in [3.8, 4) is 0 Å². The summed E-state index contributed by atoms with van der Waals surface area (Å²) in [5.74, 6) is 0.471. The molecule has 4 N–H and O–H groups in total. The van der Waals surface area contributed by atoms with Crippen molar-refractivity contribution in [2.24, 2.45) is 5.73 Å². The summed E-state index contributed by atoms with van der Waals surface area (Å²) in [6.45, 7) is 3.11. The molecular formula is C27H31N5O2. The van der Waals surface area contributed by atoms with Crippen molar-refractivity contribution in [1.29, 1.82) is 0 Å². The van der Waals surface area contributed by atoms with E-state index in [4.69, 9.17) is 5.73 Å². The summed E-state index contributed by atoms with van der Waals surface area (Å²) in [5, 5.41) is 5.66. The molecule has 3 aromatic carbocycles. The number of anilines is 1. The van der Waals surface area contributed by atoms with Crippen molar-refractivity contribution in [2.45, 2.75) is 38.6 Å². The first-order valence-corrected chi connectivity index (χ1v) is 11.8. The van der Waals surface area contributed by atoms with Crippen molar-refractivity contribution in [3.63, 3.8) is 0 Å². The van der Waals surface area contributed by atoms with Crippen LogP contribution in [0, 0.1) is 0 Å². The van der Waals surface area contributed by atoms with Crippen molar-refractivity contribution < 1.29 is 4.79 Å². The van der Waals surface area contributed by atoms with Gasteiger partial charge >= 0.3 is 6.03 Å². The third-order valence-corrected chi connectivity index (χ3v) is 6.14. The number of benzene rings is 3. The first-order chi connectivity index (χ1) is 16.6. The average Bonchev–Trinajstić information content (AvgIpc) is 2.86. The second kappa shape index (κ2) is 10.9. The van der Waals surface area contributed by atoms with Crippen LogP contribution < -0.4 is 16.6 Å². The highest BCUT2D eigenvalue weighted by Gasteiger charge is 2.24. The molecule has 0 fully saturated rings. The summed E-state index contributed by atoms with van der Waals surface area (Å²) in [5.41, 5.74) is 6.78. The molecule has 0 saturated carbocycles. The van der Waals surface area contributed by atoms with E-state index in [0.717, 1.165) is 42.1 Å². The van der Waals surface area contributed by atoms with Gasteiger partial charge in [-0.05, 0) is 49.9 Å². The maximum atomic E-state index is 13.5. The van der Waals surface area contributed by atoms with Gasteiger partial charge in [0.25, 0.3) is 5.56 Å². The number of carbonyl (C=O) groups excluding carboxylic acids is 1. The smallest absolute Gasteiger partial charge is 0.322 e. The Morgan fingerprint density at radius 3 is 2.50 bits per heavy atom. The molecule has 2 amide bonds. The van der Waals surface area contributed by atoms with Crippen LogP contribution in [0.15, 0.2) is 71.5 Å². The molecule has 0 saturated heterocycles. The zero-order valence-corrected chi connectivity index (χ0v) is 19.5. The van der Waals surface area contributed by atoms with Gasteiger partial charge in [0.2, 0.25) is 0 Å². The number of hydrogen-bond donors (Lipinski definition) is 3. The number of para-hydroxylation sites is 1. The maximum absolute atomic E-state index is 13.5. The Labute approximate surface area is 199 Å². The third-order valence-electron chi connectivity index (χ3n) is 6.14. The summed E-state index contributed by atoms with van der Waals surface area (Å²) < 4.78 is 0. The molecular weight excluding hydrogens is 426 g/mol. The van der Waals surface area contributed by atoms with E-state index in [1.165, 1.54) is 0 Å². The van der Waals surface area contributed by atoms with E-state index in [1.54, 1.807) is 11.0 Å². The molecule has 0 spiro atoms. The molecule has 4 aromatic rings. The van der Waals surface area contributed by atoms with Gasteiger partial charge in [-0.2, -0.15) is 0 Å². The number of carbonyl (C=O) groups is 1. The standard InChI is InChI=1S/C27H31N5O2/c1-19(25-29-24-15-7-6-14-22(24)26(33)31-25)32(18-9-3-2-8-17-28)27(34)30-23-16-10-12-20-11-4-5-13-21(20)23/h4-7,10-16,19H,2-3,8-9,17-18,28H2,1H3,(H,30,34)(H,29,31,33). The minimum absolute atomic E-state index is 0.204. The van der Waals surface area contributed by atoms with Gasteiger partial charge in [-0.15, -0.1) is 0 Å². The summed E-state index contributed by atoms with van der Waals surface area (Å²) in [6, 6.07) is 20.4. The van der Waals surface area contributed by atoms with E-state index in [1.807, 2.05) is 67.6 Å². The third kappa shape index (κ3) is 5.26. The number of amides is 2. The number of hydrogen-bond acceptors (Lipinski definition) is 4. The lowest BCUT2D eigenvalue weighted by Gasteiger charge is -2.29. The van der Waals surface area contributed by atoms with E-state index in [0.29, 0.717) is 29.8 Å². The van der Waals surface area contributed by atoms with Crippen LogP contribution in [-0.4, -0.2) is 34.0 Å². The van der Waals surface area contributed by atoms with E-state index in [-0.39, 0.29) is 11.6 Å². The van der Waals surface area contributed by atoms with Gasteiger partial charge in [-0.1, -0.05) is 61.4 Å². The highest BCUT2D eigenvalue weighted by molar-refractivity contribution is 6.01. The van der Waals surface area contributed by atoms with Crippen LogP contribution in [-0.2, 0) is 0 Å². The van der Waals surface area contributed by atoms with Gasteiger partial charge in [-0.3, -0.25) is 4.79 Å². The molecule has 1 heterocycles. The van der Waals surface area contributed by atoms with Crippen molar-refractivity contribution in [1.82, 2.24) is 14.9 Å². The molecule has 1 atom stereocenters. The Morgan fingerprint density at radius 1 is 0.971 bits per heavy atom. The van der Waals surface area contributed by atoms with Crippen molar-refractivity contribution in [2.75, 3.05) is 18.4 Å². The summed E-state index contributed by atoms with van der Waals surface area (Å²) in [7, 11) is 0. The fourth-order valence-corrected chi connectivity index (χ4v) is 4.22. The largest absolute Gasteiger partial charge is 0.330 e. The lowest BCUT2D eigenvalue weighted by molar-refractivity contribution is 0.188. The normalized spacial score (nSPS) is 12.1. The van der Waals surface area contributed by atoms with Crippen LogP contribution >= 0.6 is 0 Å². The number of unbranched alkanes of at least 4 members (excludes halogenated alkanes) is 3. The zero-order valence-electron chi connectivity index (χ0n) is 19.5. The molecule has 1 unspecified atom stereocenters. The monoisotopic (exact) mass is 457 g/mol. The Kier molecular flexibility index (Phi) is 7.54. The Hall–Kier alpha value is -3.71. The zero-order chi connectivity index (χ0) is 23.9.